The molecular formula is C10H9NO2. The molecule has 3 heteroatoms. The Morgan fingerprint density at radius 2 is 2.00 bits per heavy atom. The number of nitroso groups, excluding NO2 is 1. The highest BCUT2D eigenvalue weighted by Crippen LogP contribution is 2.16. The molecule has 1 aromatic rings. The van der Waals surface area contributed by atoms with Crippen LogP contribution in [0.3, 0.4) is 0 Å². The van der Waals surface area contributed by atoms with Crippen molar-refractivity contribution in [1.29, 1.82) is 0 Å². The van der Waals surface area contributed by atoms with E-state index >= 15 is 0 Å². The van der Waals surface area contributed by atoms with Crippen molar-refractivity contribution >= 4 is 11.9 Å². The first kappa shape index (κ1) is 9.32. The normalized spacial score (nSPS) is 11.7. The number of aldehydes is 1. The fourth-order valence-electron chi connectivity index (χ4n) is 0.994. The maximum atomic E-state index is 10.4. The summed E-state index contributed by atoms with van der Waals surface area (Å²) < 4.78 is 0. The molecule has 3 nitrogen and oxygen atoms in total. The molecule has 0 saturated carbocycles. The van der Waals surface area contributed by atoms with Gasteiger partial charge >= 0.3 is 0 Å². The third-order valence-electron chi connectivity index (χ3n) is 1.74. The molecule has 0 fully saturated rings. The fraction of sp³-hybridized carbons (Fsp3) is 0.100. The van der Waals surface area contributed by atoms with Crippen molar-refractivity contribution in [1.82, 2.24) is 0 Å². The van der Waals surface area contributed by atoms with Gasteiger partial charge in [0.15, 0.2) is 12.3 Å². The van der Waals surface area contributed by atoms with Crippen LogP contribution >= 0.6 is 0 Å². The predicted molar refractivity (Wildman–Crippen MR) is 51.1 cm³/mol. The van der Waals surface area contributed by atoms with Crippen molar-refractivity contribution < 1.29 is 4.79 Å². The average molecular weight is 175 g/mol. The van der Waals surface area contributed by atoms with Crippen LogP contribution in [0.2, 0.25) is 0 Å². The molecule has 0 spiro atoms. The molecule has 0 aromatic heterocycles. The van der Waals surface area contributed by atoms with E-state index in [1.165, 1.54) is 0 Å². The van der Waals surface area contributed by atoms with Gasteiger partial charge in [0.05, 0.1) is 0 Å². The van der Waals surface area contributed by atoms with Crippen molar-refractivity contribution in [2.75, 3.05) is 0 Å². The fourth-order valence-corrected chi connectivity index (χ4v) is 0.994. The maximum absolute atomic E-state index is 10.4. The van der Waals surface area contributed by atoms with E-state index in [2.05, 4.69) is 11.8 Å². The van der Waals surface area contributed by atoms with Gasteiger partial charge in [-0.05, 0) is 11.1 Å². The highest BCUT2D eigenvalue weighted by Gasteiger charge is 2.12. The van der Waals surface area contributed by atoms with Crippen LogP contribution in [0.5, 0.6) is 0 Å². The lowest BCUT2D eigenvalue weighted by Crippen LogP contribution is -2.06. The van der Waals surface area contributed by atoms with Crippen LogP contribution in [0.15, 0.2) is 42.1 Å². The molecule has 0 N–H and O–H groups in total. The lowest BCUT2D eigenvalue weighted by molar-refractivity contribution is -0.107. The Labute approximate surface area is 76.1 Å². The number of hydrogen-bond acceptors (Lipinski definition) is 3. The molecule has 0 aliphatic carbocycles. The number of benzene rings is 1. The van der Waals surface area contributed by atoms with Gasteiger partial charge in [0.25, 0.3) is 0 Å². The number of carbonyl (C=O) groups is 1. The van der Waals surface area contributed by atoms with Gasteiger partial charge < -0.3 is 4.79 Å². The molecule has 0 heterocycles. The molecule has 66 valence electrons. The van der Waals surface area contributed by atoms with E-state index in [9.17, 15) is 9.70 Å². The van der Waals surface area contributed by atoms with Gasteiger partial charge in [-0.1, -0.05) is 42.1 Å². The molecule has 0 bridgehead atoms. The van der Waals surface area contributed by atoms with Crippen LogP contribution in [0.4, 0.5) is 0 Å². The van der Waals surface area contributed by atoms with Crippen LogP contribution in [0.1, 0.15) is 5.56 Å². The Kier molecular flexibility index (Phi) is 3.09. The molecule has 1 aromatic carbocycles. The molecule has 0 radical (unpaired) electrons. The molecule has 0 aliphatic rings. The highest BCUT2D eigenvalue weighted by atomic mass is 16.3. The van der Waals surface area contributed by atoms with E-state index in [0.29, 0.717) is 11.9 Å². The number of rotatable bonds is 4. The summed E-state index contributed by atoms with van der Waals surface area (Å²) in [5.41, 5.74) is 1.20. The minimum atomic E-state index is -0.970. The van der Waals surface area contributed by atoms with E-state index in [0.717, 1.165) is 5.56 Å². The van der Waals surface area contributed by atoms with Crippen LogP contribution < -0.4 is 0 Å². The molecule has 0 saturated heterocycles. The first-order valence-electron chi connectivity index (χ1n) is 3.81. The van der Waals surface area contributed by atoms with Gasteiger partial charge in [0.1, 0.15) is 0 Å². The first-order chi connectivity index (χ1) is 6.29. The van der Waals surface area contributed by atoms with Crippen molar-refractivity contribution in [3.05, 3.63) is 47.4 Å². The summed E-state index contributed by atoms with van der Waals surface area (Å²) in [6, 6.07) is 8.07. The lowest BCUT2D eigenvalue weighted by Gasteiger charge is -2.05. The van der Waals surface area contributed by atoms with Gasteiger partial charge in [0.2, 0.25) is 0 Å². The Morgan fingerprint density at radius 3 is 2.46 bits per heavy atom. The quantitative estimate of drug-likeness (QED) is 0.519. The smallest absolute Gasteiger partial charge is 0.172 e. The molecule has 13 heavy (non-hydrogen) atoms. The largest absolute Gasteiger partial charge is 0.300 e. The zero-order chi connectivity index (χ0) is 9.68. The van der Waals surface area contributed by atoms with Crippen LogP contribution in [-0.2, 0) is 4.79 Å². The molecule has 1 atom stereocenters. The third kappa shape index (κ3) is 2.08. The Morgan fingerprint density at radius 1 is 1.38 bits per heavy atom. The average Bonchev–Trinajstić information content (AvgIpc) is 2.21. The van der Waals surface area contributed by atoms with E-state index in [1.807, 2.05) is 18.2 Å². The van der Waals surface area contributed by atoms with Crippen molar-refractivity contribution in [3.8, 4) is 0 Å². The van der Waals surface area contributed by atoms with Crippen molar-refractivity contribution in [3.63, 3.8) is 0 Å². The highest BCUT2D eigenvalue weighted by molar-refractivity contribution is 5.83. The van der Waals surface area contributed by atoms with Crippen LogP contribution in [-0.4, -0.2) is 12.3 Å². The second-order valence-electron chi connectivity index (χ2n) is 2.58. The molecule has 0 aliphatic heterocycles. The Bertz CT molecular complexity index is 311. The minimum Gasteiger partial charge on any atom is -0.300 e. The molecule has 0 amide bonds. The Balaban J connectivity index is 2.90. The number of nitrogens with zero attached hydrogens (tertiary/aromatic N) is 1. The summed E-state index contributed by atoms with van der Waals surface area (Å²) in [4.78, 5) is 20.6. The topological polar surface area (TPSA) is 46.5 Å². The summed E-state index contributed by atoms with van der Waals surface area (Å²) in [6.45, 7) is 3.64. The van der Waals surface area contributed by atoms with Crippen molar-refractivity contribution in [2.45, 2.75) is 6.04 Å². The lowest BCUT2D eigenvalue weighted by atomic mass is 10.0. The maximum Gasteiger partial charge on any atom is 0.172 e. The number of hydrogen-bond donors (Lipinski definition) is 0. The van der Waals surface area contributed by atoms with Gasteiger partial charge in [-0.2, -0.15) is 0 Å². The van der Waals surface area contributed by atoms with E-state index in [1.54, 1.807) is 12.1 Å². The zero-order valence-corrected chi connectivity index (χ0v) is 7.01. The number of carbonyl (C=O) groups excluding carboxylic acids is 1. The van der Waals surface area contributed by atoms with E-state index in [4.69, 9.17) is 0 Å². The summed E-state index contributed by atoms with van der Waals surface area (Å²) in [6.07, 6.45) is 0.488. The van der Waals surface area contributed by atoms with Gasteiger partial charge in [-0.15, -0.1) is 4.91 Å². The van der Waals surface area contributed by atoms with E-state index < -0.39 is 6.04 Å². The second kappa shape index (κ2) is 4.30. The second-order valence-corrected chi connectivity index (χ2v) is 2.58. The standard InChI is InChI=1S/C10H9NO2/c1-8(10(7-12)11-13)9-5-3-2-4-6-9/h2-7,10H,1H2. The molecular weight excluding hydrogens is 166 g/mol. The first-order valence-corrected chi connectivity index (χ1v) is 3.81. The summed E-state index contributed by atoms with van der Waals surface area (Å²) >= 11 is 0. The van der Waals surface area contributed by atoms with Crippen molar-refractivity contribution in [2.24, 2.45) is 5.18 Å². The van der Waals surface area contributed by atoms with Gasteiger partial charge in [-0.3, -0.25) is 0 Å². The van der Waals surface area contributed by atoms with Gasteiger partial charge in [0, 0.05) is 0 Å². The predicted octanol–water partition coefficient (Wildman–Crippen LogP) is 2.03. The summed E-state index contributed by atoms with van der Waals surface area (Å²) in [5, 5.41) is 2.67. The third-order valence-corrected chi connectivity index (χ3v) is 1.74. The monoisotopic (exact) mass is 175 g/mol. The Hall–Kier alpha value is -1.77. The molecule has 1 unspecified atom stereocenters. The summed E-state index contributed by atoms with van der Waals surface area (Å²) in [5.74, 6) is 0. The minimum absolute atomic E-state index is 0.436. The molecule has 1 rings (SSSR count). The SMILES string of the molecule is C=C(c1ccccc1)C(C=O)N=O. The van der Waals surface area contributed by atoms with Crippen LogP contribution in [0.25, 0.3) is 5.57 Å². The van der Waals surface area contributed by atoms with Gasteiger partial charge in [-0.25, -0.2) is 0 Å². The van der Waals surface area contributed by atoms with Crippen LogP contribution in [0, 0.1) is 4.91 Å². The van der Waals surface area contributed by atoms with E-state index in [-0.39, 0.29) is 0 Å². The summed E-state index contributed by atoms with van der Waals surface area (Å²) in [7, 11) is 0. The zero-order valence-electron chi connectivity index (χ0n) is 7.01.